The SMILES string of the molecule is CCc1ccc(CC(F)(F)CN2CCNCC2)cc1. The number of aryl methyl sites for hydroxylation is 1. The van der Waals surface area contributed by atoms with Crippen LogP contribution in [0, 0.1) is 0 Å². The van der Waals surface area contributed by atoms with Crippen molar-refractivity contribution in [2.75, 3.05) is 32.7 Å². The van der Waals surface area contributed by atoms with Crippen molar-refractivity contribution in [2.45, 2.75) is 25.7 Å². The third kappa shape index (κ3) is 4.55. The standard InChI is InChI=1S/C15H22F2N2/c1-2-13-3-5-14(6-4-13)11-15(16,17)12-19-9-7-18-8-10-19/h3-6,18H,2,7-12H2,1H3. The highest BCUT2D eigenvalue weighted by atomic mass is 19.3. The molecule has 1 aromatic rings. The van der Waals surface area contributed by atoms with Gasteiger partial charge < -0.3 is 5.32 Å². The van der Waals surface area contributed by atoms with Crippen molar-refractivity contribution in [3.05, 3.63) is 35.4 Å². The maximum atomic E-state index is 14.0. The average Bonchev–Trinajstić information content (AvgIpc) is 2.39. The van der Waals surface area contributed by atoms with Crippen molar-refractivity contribution in [1.29, 1.82) is 0 Å². The van der Waals surface area contributed by atoms with Crippen LogP contribution in [0.3, 0.4) is 0 Å². The van der Waals surface area contributed by atoms with E-state index in [1.807, 2.05) is 29.2 Å². The van der Waals surface area contributed by atoms with E-state index in [0.717, 1.165) is 25.1 Å². The van der Waals surface area contributed by atoms with Gasteiger partial charge in [0.25, 0.3) is 5.92 Å². The van der Waals surface area contributed by atoms with Crippen molar-refractivity contribution in [3.63, 3.8) is 0 Å². The minimum atomic E-state index is -2.65. The van der Waals surface area contributed by atoms with Crippen LogP contribution in [0.5, 0.6) is 0 Å². The van der Waals surface area contributed by atoms with Crippen LogP contribution in [0.25, 0.3) is 0 Å². The van der Waals surface area contributed by atoms with E-state index < -0.39 is 5.92 Å². The molecule has 0 bridgehead atoms. The van der Waals surface area contributed by atoms with Crippen molar-refractivity contribution >= 4 is 0 Å². The van der Waals surface area contributed by atoms with Crippen molar-refractivity contribution < 1.29 is 8.78 Å². The Labute approximate surface area is 113 Å². The van der Waals surface area contributed by atoms with Crippen LogP contribution in [-0.4, -0.2) is 43.5 Å². The summed E-state index contributed by atoms with van der Waals surface area (Å²) in [5.41, 5.74) is 1.91. The molecule has 106 valence electrons. The monoisotopic (exact) mass is 268 g/mol. The Morgan fingerprint density at radius 1 is 1.11 bits per heavy atom. The van der Waals surface area contributed by atoms with Gasteiger partial charge in [-0.15, -0.1) is 0 Å². The van der Waals surface area contributed by atoms with E-state index in [1.165, 1.54) is 5.56 Å². The van der Waals surface area contributed by atoms with Gasteiger partial charge in [-0.05, 0) is 17.5 Å². The van der Waals surface area contributed by atoms with Crippen molar-refractivity contribution in [2.24, 2.45) is 0 Å². The second-order valence-corrected chi connectivity index (χ2v) is 5.23. The Bertz CT molecular complexity index is 384. The summed E-state index contributed by atoms with van der Waals surface area (Å²) in [5, 5.41) is 3.18. The second-order valence-electron chi connectivity index (χ2n) is 5.23. The summed E-state index contributed by atoms with van der Waals surface area (Å²) < 4.78 is 28.0. The first-order valence-electron chi connectivity index (χ1n) is 6.98. The zero-order chi connectivity index (χ0) is 13.7. The number of halogens is 2. The highest BCUT2D eigenvalue weighted by Crippen LogP contribution is 2.22. The third-order valence-electron chi connectivity index (χ3n) is 3.56. The van der Waals surface area contributed by atoms with E-state index in [2.05, 4.69) is 12.2 Å². The molecule has 1 aromatic carbocycles. The number of nitrogens with one attached hydrogen (secondary N) is 1. The van der Waals surface area contributed by atoms with Gasteiger partial charge in [0.2, 0.25) is 0 Å². The first kappa shape index (κ1) is 14.4. The third-order valence-corrected chi connectivity index (χ3v) is 3.56. The van der Waals surface area contributed by atoms with Gasteiger partial charge in [0.15, 0.2) is 0 Å². The fraction of sp³-hybridized carbons (Fsp3) is 0.600. The predicted octanol–water partition coefficient (Wildman–Crippen LogP) is 2.33. The van der Waals surface area contributed by atoms with E-state index in [9.17, 15) is 8.78 Å². The number of piperazine rings is 1. The van der Waals surface area contributed by atoms with Gasteiger partial charge in [-0.25, -0.2) is 8.78 Å². The molecular weight excluding hydrogens is 246 g/mol. The summed E-state index contributed by atoms with van der Waals surface area (Å²) in [4.78, 5) is 1.84. The summed E-state index contributed by atoms with van der Waals surface area (Å²) in [6, 6.07) is 7.53. The van der Waals surface area contributed by atoms with Crippen LogP contribution in [0.2, 0.25) is 0 Å². The van der Waals surface area contributed by atoms with E-state index in [0.29, 0.717) is 13.1 Å². The Kier molecular flexibility index (Phi) is 4.88. The molecule has 0 radical (unpaired) electrons. The molecule has 2 nitrogen and oxygen atoms in total. The van der Waals surface area contributed by atoms with Crippen LogP contribution >= 0.6 is 0 Å². The van der Waals surface area contributed by atoms with E-state index >= 15 is 0 Å². The first-order chi connectivity index (χ1) is 9.09. The Morgan fingerprint density at radius 3 is 2.26 bits per heavy atom. The predicted molar refractivity (Wildman–Crippen MR) is 73.8 cm³/mol. The molecule has 0 aliphatic carbocycles. The van der Waals surface area contributed by atoms with Gasteiger partial charge in [0, 0.05) is 32.6 Å². The Morgan fingerprint density at radius 2 is 1.68 bits per heavy atom. The van der Waals surface area contributed by atoms with Gasteiger partial charge in [0.1, 0.15) is 0 Å². The molecule has 19 heavy (non-hydrogen) atoms. The lowest BCUT2D eigenvalue weighted by atomic mass is 10.0. The number of hydrogen-bond acceptors (Lipinski definition) is 2. The molecule has 1 aliphatic heterocycles. The molecule has 0 unspecified atom stereocenters. The summed E-state index contributed by atoms with van der Waals surface area (Å²) in [6.45, 7) is 4.97. The summed E-state index contributed by atoms with van der Waals surface area (Å²) in [7, 11) is 0. The van der Waals surface area contributed by atoms with Crippen LogP contribution in [0.15, 0.2) is 24.3 Å². The molecule has 1 fully saturated rings. The maximum Gasteiger partial charge on any atom is 0.264 e. The van der Waals surface area contributed by atoms with E-state index in [-0.39, 0.29) is 13.0 Å². The van der Waals surface area contributed by atoms with Gasteiger partial charge in [0.05, 0.1) is 6.54 Å². The van der Waals surface area contributed by atoms with Crippen LogP contribution < -0.4 is 5.32 Å². The minimum Gasteiger partial charge on any atom is -0.314 e. The Balaban J connectivity index is 1.91. The number of hydrogen-bond donors (Lipinski definition) is 1. The van der Waals surface area contributed by atoms with E-state index in [4.69, 9.17) is 0 Å². The normalized spacial score (nSPS) is 17.6. The lowest BCUT2D eigenvalue weighted by molar-refractivity contribution is -0.0337. The topological polar surface area (TPSA) is 15.3 Å². The molecule has 2 rings (SSSR count). The van der Waals surface area contributed by atoms with E-state index in [1.54, 1.807) is 0 Å². The average molecular weight is 268 g/mol. The molecule has 0 amide bonds. The summed E-state index contributed by atoms with van der Waals surface area (Å²) in [5.74, 6) is -2.65. The molecule has 1 aliphatic rings. The van der Waals surface area contributed by atoms with Gasteiger partial charge in [-0.2, -0.15) is 0 Å². The first-order valence-corrected chi connectivity index (χ1v) is 6.98. The summed E-state index contributed by atoms with van der Waals surface area (Å²) in [6.07, 6.45) is 0.776. The van der Waals surface area contributed by atoms with Crippen molar-refractivity contribution in [1.82, 2.24) is 10.2 Å². The highest BCUT2D eigenvalue weighted by Gasteiger charge is 2.32. The van der Waals surface area contributed by atoms with Crippen LogP contribution in [0.4, 0.5) is 8.78 Å². The van der Waals surface area contributed by atoms with Gasteiger partial charge in [-0.3, -0.25) is 4.90 Å². The highest BCUT2D eigenvalue weighted by molar-refractivity contribution is 5.23. The smallest absolute Gasteiger partial charge is 0.264 e. The molecule has 4 heteroatoms. The maximum absolute atomic E-state index is 14.0. The Hall–Kier alpha value is -1.00. The second kappa shape index (κ2) is 6.44. The molecule has 0 saturated carbocycles. The quantitative estimate of drug-likeness (QED) is 0.881. The van der Waals surface area contributed by atoms with Crippen LogP contribution in [-0.2, 0) is 12.8 Å². The zero-order valence-electron chi connectivity index (χ0n) is 11.5. The molecule has 0 spiro atoms. The lowest BCUT2D eigenvalue weighted by Crippen LogP contribution is -2.48. The van der Waals surface area contributed by atoms with Crippen LogP contribution in [0.1, 0.15) is 18.1 Å². The molecule has 1 heterocycles. The molecule has 0 aromatic heterocycles. The zero-order valence-corrected chi connectivity index (χ0v) is 11.5. The minimum absolute atomic E-state index is 0.135. The largest absolute Gasteiger partial charge is 0.314 e. The van der Waals surface area contributed by atoms with Gasteiger partial charge in [-0.1, -0.05) is 31.2 Å². The fourth-order valence-corrected chi connectivity index (χ4v) is 2.44. The molecule has 0 atom stereocenters. The number of alkyl halides is 2. The number of rotatable bonds is 5. The fourth-order valence-electron chi connectivity index (χ4n) is 2.44. The molecule has 1 saturated heterocycles. The number of nitrogens with zero attached hydrogens (tertiary/aromatic N) is 1. The van der Waals surface area contributed by atoms with Crippen molar-refractivity contribution in [3.8, 4) is 0 Å². The summed E-state index contributed by atoms with van der Waals surface area (Å²) >= 11 is 0. The lowest BCUT2D eigenvalue weighted by Gasteiger charge is -2.30. The van der Waals surface area contributed by atoms with Gasteiger partial charge >= 0.3 is 0 Å². The molecular formula is C15H22F2N2. The molecule has 1 N–H and O–H groups in total. The number of benzene rings is 1.